The molecule has 0 saturated heterocycles. The van der Waals surface area contributed by atoms with Crippen LogP contribution in [0, 0.1) is 0 Å². The van der Waals surface area contributed by atoms with E-state index in [0.717, 1.165) is 5.75 Å². The number of unbranched alkanes of at least 4 members (excludes halogenated alkanes) is 5. The third-order valence-corrected chi connectivity index (χ3v) is 7.15. The summed E-state index contributed by atoms with van der Waals surface area (Å²) in [6.45, 7) is 2.28. The smallest absolute Gasteiger partial charge is 0.235 e. The maximum Gasteiger partial charge on any atom is 0.235 e. The zero-order valence-electron chi connectivity index (χ0n) is 15.1. The summed E-state index contributed by atoms with van der Waals surface area (Å²) in [5.74, 6) is 1.07. The molecule has 0 radical (unpaired) electrons. The standard InChI is InChI=1S/C22H32OSi/c1-2-24(23-22-18-12-8-13-19-22)20-14-6-4-3-5-9-15-21-16-10-7-11-17-21/h7-8,10-13,16-19,24H,2-6,9,14-15,20H2,1H3. The SMILES string of the molecule is CC[SiH](CCCCCCCCc1ccccc1)Oc1ccccc1. The topological polar surface area (TPSA) is 9.23 Å². The number of hydrogen-bond donors (Lipinski definition) is 0. The van der Waals surface area contributed by atoms with Crippen LogP contribution < -0.4 is 4.43 Å². The minimum absolute atomic E-state index is 1.05. The van der Waals surface area contributed by atoms with Crippen LogP contribution in [-0.4, -0.2) is 9.04 Å². The second kappa shape index (κ2) is 11.9. The van der Waals surface area contributed by atoms with E-state index in [1.54, 1.807) is 0 Å². The Balaban J connectivity index is 1.48. The van der Waals surface area contributed by atoms with Crippen LogP contribution in [0.1, 0.15) is 51.0 Å². The summed E-state index contributed by atoms with van der Waals surface area (Å²) < 4.78 is 6.20. The van der Waals surface area contributed by atoms with E-state index in [4.69, 9.17) is 4.43 Å². The fourth-order valence-electron chi connectivity index (χ4n) is 3.09. The van der Waals surface area contributed by atoms with Crippen molar-refractivity contribution in [2.24, 2.45) is 0 Å². The number of aryl methyl sites for hydroxylation is 1. The van der Waals surface area contributed by atoms with Crippen molar-refractivity contribution in [2.75, 3.05) is 0 Å². The molecular formula is C22H32OSi. The van der Waals surface area contributed by atoms with E-state index < -0.39 is 9.04 Å². The number of para-hydroxylation sites is 1. The van der Waals surface area contributed by atoms with Crippen LogP contribution in [-0.2, 0) is 6.42 Å². The van der Waals surface area contributed by atoms with Gasteiger partial charge in [-0.15, -0.1) is 0 Å². The lowest BCUT2D eigenvalue weighted by Crippen LogP contribution is -2.20. The molecular weight excluding hydrogens is 308 g/mol. The van der Waals surface area contributed by atoms with Crippen LogP contribution >= 0.6 is 0 Å². The summed E-state index contributed by atoms with van der Waals surface area (Å²) in [5.41, 5.74) is 1.48. The van der Waals surface area contributed by atoms with Crippen molar-refractivity contribution >= 4 is 9.04 Å². The highest BCUT2D eigenvalue weighted by Crippen LogP contribution is 2.16. The average molecular weight is 341 g/mol. The monoisotopic (exact) mass is 340 g/mol. The zero-order chi connectivity index (χ0) is 16.9. The molecule has 0 heterocycles. The van der Waals surface area contributed by atoms with Gasteiger partial charge in [0.15, 0.2) is 0 Å². The van der Waals surface area contributed by atoms with Crippen LogP contribution in [0.3, 0.4) is 0 Å². The van der Waals surface area contributed by atoms with E-state index in [2.05, 4.69) is 61.5 Å². The van der Waals surface area contributed by atoms with Gasteiger partial charge in [-0.05, 0) is 42.6 Å². The van der Waals surface area contributed by atoms with Gasteiger partial charge in [-0.3, -0.25) is 0 Å². The van der Waals surface area contributed by atoms with E-state index in [-0.39, 0.29) is 0 Å². The van der Waals surface area contributed by atoms with Gasteiger partial charge >= 0.3 is 0 Å². The molecule has 0 saturated carbocycles. The Morgan fingerprint density at radius 1 is 0.708 bits per heavy atom. The molecule has 1 unspecified atom stereocenters. The molecule has 0 aliphatic rings. The molecule has 0 aliphatic carbocycles. The van der Waals surface area contributed by atoms with Crippen LogP contribution in [0.2, 0.25) is 12.1 Å². The lowest BCUT2D eigenvalue weighted by atomic mass is 10.1. The van der Waals surface area contributed by atoms with Crippen molar-refractivity contribution in [2.45, 2.75) is 64.0 Å². The fraction of sp³-hybridized carbons (Fsp3) is 0.455. The summed E-state index contributed by atoms with van der Waals surface area (Å²) in [6, 6.07) is 23.7. The summed E-state index contributed by atoms with van der Waals surface area (Å²) in [6.07, 6.45) is 9.40. The lowest BCUT2D eigenvalue weighted by Gasteiger charge is -2.16. The first-order chi connectivity index (χ1) is 11.9. The maximum absolute atomic E-state index is 6.20. The molecule has 1 atom stereocenters. The Labute approximate surface area is 149 Å². The molecule has 24 heavy (non-hydrogen) atoms. The lowest BCUT2D eigenvalue weighted by molar-refractivity contribution is 0.550. The van der Waals surface area contributed by atoms with Crippen molar-refractivity contribution in [3.8, 4) is 5.75 Å². The van der Waals surface area contributed by atoms with E-state index in [1.807, 2.05) is 6.07 Å². The normalized spacial score (nSPS) is 12.0. The molecule has 0 N–H and O–H groups in total. The molecule has 2 aromatic carbocycles. The Hall–Kier alpha value is -1.54. The van der Waals surface area contributed by atoms with Gasteiger partial charge in [-0.25, -0.2) is 0 Å². The second-order valence-corrected chi connectivity index (χ2v) is 9.48. The molecule has 0 bridgehead atoms. The molecule has 2 aromatic rings. The number of rotatable bonds is 12. The van der Waals surface area contributed by atoms with Gasteiger partial charge in [0.05, 0.1) is 0 Å². The summed E-state index contributed by atoms with van der Waals surface area (Å²) in [4.78, 5) is 0. The van der Waals surface area contributed by atoms with Crippen LogP contribution in [0.5, 0.6) is 5.75 Å². The van der Waals surface area contributed by atoms with Gasteiger partial charge in [-0.2, -0.15) is 0 Å². The maximum atomic E-state index is 6.20. The Morgan fingerprint density at radius 3 is 1.96 bits per heavy atom. The third-order valence-electron chi connectivity index (χ3n) is 4.59. The van der Waals surface area contributed by atoms with Gasteiger partial charge < -0.3 is 4.43 Å². The van der Waals surface area contributed by atoms with Gasteiger partial charge in [-0.1, -0.05) is 87.6 Å². The molecule has 0 fully saturated rings. The zero-order valence-corrected chi connectivity index (χ0v) is 16.3. The van der Waals surface area contributed by atoms with E-state index >= 15 is 0 Å². The fourth-order valence-corrected chi connectivity index (χ4v) is 5.07. The Morgan fingerprint density at radius 2 is 1.29 bits per heavy atom. The molecule has 130 valence electrons. The largest absolute Gasteiger partial charge is 0.546 e. The highest BCUT2D eigenvalue weighted by Gasteiger charge is 2.10. The summed E-state index contributed by atoms with van der Waals surface area (Å²) >= 11 is 0. The van der Waals surface area contributed by atoms with Crippen molar-refractivity contribution in [3.63, 3.8) is 0 Å². The van der Waals surface area contributed by atoms with Crippen LogP contribution in [0.25, 0.3) is 0 Å². The van der Waals surface area contributed by atoms with Crippen molar-refractivity contribution in [1.29, 1.82) is 0 Å². The van der Waals surface area contributed by atoms with Crippen molar-refractivity contribution in [1.82, 2.24) is 0 Å². The molecule has 0 amide bonds. The molecule has 1 nitrogen and oxygen atoms in total. The predicted octanol–water partition coefficient (Wildman–Crippen LogP) is 6.39. The highest BCUT2D eigenvalue weighted by atomic mass is 28.3. The van der Waals surface area contributed by atoms with Crippen LogP contribution in [0.15, 0.2) is 60.7 Å². The van der Waals surface area contributed by atoms with Gasteiger partial charge in [0, 0.05) is 0 Å². The first-order valence-corrected chi connectivity index (χ1v) is 11.7. The number of hydrogen-bond acceptors (Lipinski definition) is 1. The third kappa shape index (κ3) is 7.83. The summed E-state index contributed by atoms with van der Waals surface area (Å²) in [5, 5.41) is 0. The van der Waals surface area contributed by atoms with E-state index in [9.17, 15) is 0 Å². The quantitative estimate of drug-likeness (QED) is 0.321. The molecule has 0 spiro atoms. The van der Waals surface area contributed by atoms with E-state index in [1.165, 1.54) is 62.6 Å². The van der Waals surface area contributed by atoms with Gasteiger partial charge in [0.25, 0.3) is 0 Å². The molecule has 0 aliphatic heterocycles. The summed E-state index contributed by atoms with van der Waals surface area (Å²) in [7, 11) is -1.05. The molecule has 2 heteroatoms. The molecule has 0 aromatic heterocycles. The minimum Gasteiger partial charge on any atom is -0.546 e. The predicted molar refractivity (Wildman–Crippen MR) is 107 cm³/mol. The van der Waals surface area contributed by atoms with E-state index in [0.29, 0.717) is 0 Å². The highest BCUT2D eigenvalue weighted by molar-refractivity contribution is 6.52. The first-order valence-electron chi connectivity index (χ1n) is 9.64. The van der Waals surface area contributed by atoms with Gasteiger partial charge in [0.2, 0.25) is 9.04 Å². The second-order valence-electron chi connectivity index (χ2n) is 6.61. The Kier molecular flexibility index (Phi) is 9.33. The minimum atomic E-state index is -1.05. The van der Waals surface area contributed by atoms with Gasteiger partial charge in [0.1, 0.15) is 5.75 Å². The van der Waals surface area contributed by atoms with Crippen molar-refractivity contribution < 1.29 is 4.43 Å². The first kappa shape index (κ1) is 18.8. The van der Waals surface area contributed by atoms with Crippen molar-refractivity contribution in [3.05, 3.63) is 66.2 Å². The Bertz CT molecular complexity index is 526. The molecule has 2 rings (SSSR count). The van der Waals surface area contributed by atoms with Crippen LogP contribution in [0.4, 0.5) is 0 Å². The number of benzene rings is 2. The average Bonchev–Trinajstić information content (AvgIpc) is 2.64.